The van der Waals surface area contributed by atoms with Gasteiger partial charge in [0.1, 0.15) is 6.54 Å². The lowest BCUT2D eigenvalue weighted by Crippen LogP contribution is -2.42. The van der Waals surface area contributed by atoms with E-state index < -0.39 is 18.8 Å². The summed E-state index contributed by atoms with van der Waals surface area (Å²) in [7, 11) is 0. The number of unbranched alkanes of at least 4 members (excludes halogenated alkanes) is 2. The molecule has 0 radical (unpaired) electrons. The van der Waals surface area contributed by atoms with Crippen molar-refractivity contribution in [3.8, 4) is 0 Å². The molecule has 8 heteroatoms. The van der Waals surface area contributed by atoms with Gasteiger partial charge in [0.2, 0.25) is 0 Å². The summed E-state index contributed by atoms with van der Waals surface area (Å²) in [6.45, 7) is 1.59. The van der Waals surface area contributed by atoms with Crippen molar-refractivity contribution < 1.29 is 28.0 Å². The first-order valence-corrected chi connectivity index (χ1v) is 6.91. The molecule has 0 atom stereocenters. The monoisotopic (exact) mass is 320 g/mol. The third-order valence-corrected chi connectivity index (χ3v) is 2.75. The summed E-state index contributed by atoms with van der Waals surface area (Å²) in [5.74, 6) is -1.01. The highest BCUT2D eigenvalue weighted by Gasteiger charge is 2.36. The summed E-state index contributed by atoms with van der Waals surface area (Å²) >= 11 is 0. The molecule has 0 saturated carbocycles. The Bertz CT molecular complexity index is 454. The van der Waals surface area contributed by atoms with Gasteiger partial charge in [-0.1, -0.05) is 38.0 Å². The van der Waals surface area contributed by atoms with Crippen LogP contribution in [0.25, 0.3) is 0 Å². The Morgan fingerprint density at radius 3 is 2.41 bits per heavy atom. The number of para-hydroxylation sites is 1. The molecule has 0 heterocycles. The molecule has 1 aromatic carbocycles. The number of rotatable bonds is 8. The Morgan fingerprint density at radius 1 is 1.23 bits per heavy atom. The summed E-state index contributed by atoms with van der Waals surface area (Å²) < 4.78 is 37.3. The fourth-order valence-electron chi connectivity index (χ4n) is 1.76. The van der Waals surface area contributed by atoms with Gasteiger partial charge in [0.05, 0.1) is 5.69 Å². The van der Waals surface area contributed by atoms with Crippen LogP contribution in [0.5, 0.6) is 0 Å². The fraction of sp³-hybridized carbons (Fsp3) is 0.500. The minimum atomic E-state index is -5.01. The topological polar surface area (TPSA) is 53.0 Å². The highest BCUT2D eigenvalue weighted by atomic mass is 19.4. The van der Waals surface area contributed by atoms with E-state index in [4.69, 9.17) is 0 Å². The molecule has 0 spiro atoms. The second-order valence-electron chi connectivity index (χ2n) is 4.66. The summed E-state index contributed by atoms with van der Waals surface area (Å²) in [6.07, 6.45) is -2.58. The van der Waals surface area contributed by atoms with E-state index in [0.717, 1.165) is 12.8 Å². The van der Waals surface area contributed by atoms with Crippen LogP contribution in [-0.2, 0) is 9.63 Å². The molecule has 0 aromatic heterocycles. The van der Waals surface area contributed by atoms with Crippen molar-refractivity contribution >= 4 is 11.6 Å². The molecule has 0 saturated heterocycles. The molecule has 0 aliphatic rings. The molecular formula is C14H19F3N2O3. The lowest BCUT2D eigenvalue weighted by atomic mass is 10.2. The molecule has 0 unspecified atom stereocenters. The van der Waals surface area contributed by atoms with Crippen molar-refractivity contribution in [1.82, 2.24) is 5.06 Å². The Hall–Kier alpha value is -1.64. The van der Waals surface area contributed by atoms with E-state index in [1.54, 1.807) is 6.07 Å². The number of hydrogen-bond donors (Lipinski definition) is 1. The average Bonchev–Trinajstić information content (AvgIpc) is 2.45. The Balaban J connectivity index is 2.72. The molecule has 124 valence electrons. The molecule has 22 heavy (non-hydrogen) atoms. The fourth-order valence-corrected chi connectivity index (χ4v) is 1.76. The highest BCUT2D eigenvalue weighted by Crippen LogP contribution is 2.23. The van der Waals surface area contributed by atoms with Crippen LogP contribution in [0.4, 0.5) is 18.9 Å². The molecule has 1 rings (SSSR count). The largest absolute Gasteiger partial charge is 0.544 e. The maximum atomic E-state index is 12.4. The van der Waals surface area contributed by atoms with Gasteiger partial charge in [0.15, 0.2) is 0 Å². The molecular weight excluding hydrogens is 301 g/mol. The SMILES string of the molecule is CCCCCN(O)CC(=O)N(OC(F)(F)F)c1ccccc1. The number of amides is 1. The smallest absolute Gasteiger partial charge is 0.313 e. The van der Waals surface area contributed by atoms with Crippen LogP contribution < -0.4 is 5.06 Å². The lowest BCUT2D eigenvalue weighted by Gasteiger charge is -2.24. The summed E-state index contributed by atoms with van der Waals surface area (Å²) in [5.41, 5.74) is -0.0632. The molecule has 1 amide bonds. The van der Waals surface area contributed by atoms with E-state index in [1.807, 2.05) is 6.92 Å². The molecule has 1 aromatic rings. The van der Waals surface area contributed by atoms with Crippen molar-refractivity contribution in [3.05, 3.63) is 30.3 Å². The summed E-state index contributed by atoms with van der Waals surface area (Å²) in [5, 5.41) is 10.4. The first kappa shape index (κ1) is 18.4. The van der Waals surface area contributed by atoms with Gasteiger partial charge in [-0.25, -0.2) is 0 Å². The van der Waals surface area contributed by atoms with Crippen molar-refractivity contribution in [2.75, 3.05) is 18.2 Å². The maximum absolute atomic E-state index is 12.4. The zero-order valence-electron chi connectivity index (χ0n) is 12.2. The molecule has 0 fully saturated rings. The van der Waals surface area contributed by atoms with Crippen molar-refractivity contribution in [2.24, 2.45) is 0 Å². The molecule has 1 N–H and O–H groups in total. The zero-order chi connectivity index (χ0) is 16.6. The Morgan fingerprint density at radius 2 is 1.86 bits per heavy atom. The molecule has 0 bridgehead atoms. The Labute approximate surface area is 126 Å². The van der Waals surface area contributed by atoms with E-state index in [1.165, 1.54) is 24.3 Å². The van der Waals surface area contributed by atoms with Crippen LogP contribution in [0, 0.1) is 0 Å². The van der Waals surface area contributed by atoms with Crippen LogP contribution in [0.15, 0.2) is 30.3 Å². The number of alkyl halides is 3. The Kier molecular flexibility index (Phi) is 7.30. The lowest BCUT2D eigenvalue weighted by molar-refractivity contribution is -0.327. The maximum Gasteiger partial charge on any atom is 0.544 e. The average molecular weight is 320 g/mol. The van der Waals surface area contributed by atoms with Crippen molar-refractivity contribution in [2.45, 2.75) is 32.5 Å². The zero-order valence-corrected chi connectivity index (χ0v) is 12.2. The molecule has 0 aliphatic heterocycles. The molecule has 5 nitrogen and oxygen atoms in total. The van der Waals surface area contributed by atoms with Crippen LogP contribution >= 0.6 is 0 Å². The van der Waals surface area contributed by atoms with Gasteiger partial charge in [-0.3, -0.25) is 4.79 Å². The molecule has 0 aliphatic carbocycles. The van der Waals surface area contributed by atoms with Crippen LogP contribution in [-0.4, -0.2) is 35.6 Å². The summed E-state index contributed by atoms with van der Waals surface area (Å²) in [4.78, 5) is 15.7. The third-order valence-electron chi connectivity index (χ3n) is 2.75. The summed E-state index contributed by atoms with van der Waals surface area (Å²) in [6, 6.07) is 7.17. The van der Waals surface area contributed by atoms with Gasteiger partial charge >= 0.3 is 6.36 Å². The van der Waals surface area contributed by atoms with Gasteiger partial charge in [-0.2, -0.15) is 15.0 Å². The van der Waals surface area contributed by atoms with Gasteiger partial charge < -0.3 is 5.21 Å². The van der Waals surface area contributed by atoms with Crippen LogP contribution in [0.2, 0.25) is 0 Å². The van der Waals surface area contributed by atoms with E-state index in [-0.39, 0.29) is 17.3 Å². The number of carbonyl (C=O) groups excluding carboxylic acids is 1. The highest BCUT2D eigenvalue weighted by molar-refractivity contribution is 5.92. The van der Waals surface area contributed by atoms with E-state index >= 15 is 0 Å². The number of carbonyl (C=O) groups is 1. The predicted octanol–water partition coefficient (Wildman–Crippen LogP) is 3.35. The van der Waals surface area contributed by atoms with Gasteiger partial charge in [0, 0.05) is 6.54 Å². The number of anilines is 1. The second-order valence-corrected chi connectivity index (χ2v) is 4.66. The number of benzene rings is 1. The third kappa shape index (κ3) is 6.88. The van der Waals surface area contributed by atoms with E-state index in [2.05, 4.69) is 4.84 Å². The van der Waals surface area contributed by atoms with E-state index in [9.17, 15) is 23.2 Å². The first-order chi connectivity index (χ1) is 10.3. The van der Waals surface area contributed by atoms with Gasteiger partial charge in [0.25, 0.3) is 5.91 Å². The number of hydrogen-bond acceptors (Lipinski definition) is 4. The number of halogens is 3. The van der Waals surface area contributed by atoms with Crippen molar-refractivity contribution in [1.29, 1.82) is 0 Å². The first-order valence-electron chi connectivity index (χ1n) is 6.91. The number of nitrogens with zero attached hydrogens (tertiary/aromatic N) is 2. The quantitative estimate of drug-likeness (QED) is 0.589. The predicted molar refractivity (Wildman–Crippen MR) is 74.0 cm³/mol. The minimum Gasteiger partial charge on any atom is -0.313 e. The normalized spacial score (nSPS) is 11.7. The number of hydroxylamine groups is 3. The van der Waals surface area contributed by atoms with Crippen molar-refractivity contribution in [3.63, 3.8) is 0 Å². The standard InChI is InChI=1S/C14H19F3N2O3/c1-2-3-7-10-18(21)11-13(20)19(22-14(15,16)17)12-8-5-4-6-9-12/h4-6,8-9,21H,2-3,7,10-11H2,1H3. The van der Waals surface area contributed by atoms with Crippen LogP contribution in [0.3, 0.4) is 0 Å². The van der Waals surface area contributed by atoms with Gasteiger partial charge in [-0.15, -0.1) is 13.2 Å². The van der Waals surface area contributed by atoms with E-state index in [0.29, 0.717) is 11.5 Å². The second kappa shape index (κ2) is 8.72. The van der Waals surface area contributed by atoms with Gasteiger partial charge in [-0.05, 0) is 18.6 Å². The minimum absolute atomic E-state index is 0.0632. The van der Waals surface area contributed by atoms with Crippen LogP contribution in [0.1, 0.15) is 26.2 Å².